The molecule has 0 bridgehead atoms. The fourth-order valence-electron chi connectivity index (χ4n) is 1.62. The van der Waals surface area contributed by atoms with E-state index in [1.54, 1.807) is 4.90 Å². The molecule has 1 rings (SSSR count). The molecular formula is C9H18N2O3. The summed E-state index contributed by atoms with van der Waals surface area (Å²) < 4.78 is 5.37. The number of piperidine rings is 1. The Hall–Kier alpha value is -0.650. The summed E-state index contributed by atoms with van der Waals surface area (Å²) >= 11 is 0. The molecule has 14 heavy (non-hydrogen) atoms. The Morgan fingerprint density at radius 2 is 2.14 bits per heavy atom. The normalized spacial score (nSPS) is 18.6. The van der Waals surface area contributed by atoms with Gasteiger partial charge in [0.05, 0.1) is 25.9 Å². The molecule has 0 spiro atoms. The van der Waals surface area contributed by atoms with Crippen LogP contribution in [0.5, 0.6) is 0 Å². The minimum absolute atomic E-state index is 0.00519. The lowest BCUT2D eigenvalue weighted by atomic mass is 10.1. The van der Waals surface area contributed by atoms with Crippen molar-refractivity contribution in [2.45, 2.75) is 18.9 Å². The summed E-state index contributed by atoms with van der Waals surface area (Å²) in [6, 6.07) is 0. The number of ether oxygens (including phenoxy) is 1. The van der Waals surface area contributed by atoms with E-state index < -0.39 is 0 Å². The number of amides is 1. The summed E-state index contributed by atoms with van der Waals surface area (Å²) in [4.78, 5) is 13.0. The van der Waals surface area contributed by atoms with Gasteiger partial charge in [-0.05, 0) is 12.8 Å². The van der Waals surface area contributed by atoms with Gasteiger partial charge >= 0.3 is 0 Å². The zero-order valence-electron chi connectivity index (χ0n) is 8.32. The van der Waals surface area contributed by atoms with Gasteiger partial charge in [-0.3, -0.25) is 4.79 Å². The van der Waals surface area contributed by atoms with Crippen molar-refractivity contribution < 1.29 is 14.6 Å². The lowest BCUT2D eigenvalue weighted by molar-refractivity contribution is -0.132. The Morgan fingerprint density at radius 1 is 1.50 bits per heavy atom. The van der Waals surface area contributed by atoms with E-state index in [4.69, 9.17) is 15.6 Å². The minimum Gasteiger partial charge on any atom is -0.394 e. The Kier molecular flexibility index (Phi) is 4.86. The number of aliphatic hydroxyl groups excluding tert-OH is 1. The van der Waals surface area contributed by atoms with Crippen molar-refractivity contribution in [2.24, 2.45) is 5.73 Å². The molecule has 1 aliphatic rings. The van der Waals surface area contributed by atoms with Crippen LogP contribution in [0.3, 0.4) is 0 Å². The lowest BCUT2D eigenvalue weighted by Gasteiger charge is -2.31. The Bertz CT molecular complexity index is 179. The van der Waals surface area contributed by atoms with Crippen LogP contribution in [0.15, 0.2) is 0 Å². The molecule has 5 heteroatoms. The number of hydrogen-bond donors (Lipinski definition) is 2. The average molecular weight is 202 g/mol. The molecule has 0 aromatic carbocycles. The molecule has 0 aromatic rings. The van der Waals surface area contributed by atoms with Gasteiger partial charge in [-0.2, -0.15) is 0 Å². The van der Waals surface area contributed by atoms with Crippen molar-refractivity contribution in [1.29, 1.82) is 0 Å². The van der Waals surface area contributed by atoms with E-state index in [-0.39, 0.29) is 25.2 Å². The van der Waals surface area contributed by atoms with Gasteiger partial charge in [0.25, 0.3) is 0 Å². The molecule has 5 nitrogen and oxygen atoms in total. The topological polar surface area (TPSA) is 75.8 Å². The predicted octanol–water partition coefficient (Wildman–Crippen LogP) is -1.05. The molecule has 1 fully saturated rings. The van der Waals surface area contributed by atoms with Crippen LogP contribution in [0, 0.1) is 0 Å². The number of hydrogen-bond acceptors (Lipinski definition) is 4. The quantitative estimate of drug-likeness (QED) is 0.609. The first kappa shape index (κ1) is 11.4. The van der Waals surface area contributed by atoms with Gasteiger partial charge in [-0.15, -0.1) is 0 Å². The standard InChI is InChI=1S/C9H18N2O3/c10-7-9(13)11-3-1-8(2-4-11)14-6-5-12/h8,12H,1-7,10H2. The summed E-state index contributed by atoms with van der Waals surface area (Å²) in [5, 5.41) is 8.57. The first-order valence-electron chi connectivity index (χ1n) is 4.98. The van der Waals surface area contributed by atoms with Crippen molar-refractivity contribution in [2.75, 3.05) is 32.8 Å². The first-order chi connectivity index (χ1) is 6.77. The van der Waals surface area contributed by atoms with Crippen molar-refractivity contribution in [3.05, 3.63) is 0 Å². The highest BCUT2D eigenvalue weighted by Crippen LogP contribution is 2.13. The van der Waals surface area contributed by atoms with Crippen LogP contribution in [0.25, 0.3) is 0 Å². The monoisotopic (exact) mass is 202 g/mol. The van der Waals surface area contributed by atoms with Crippen molar-refractivity contribution in [1.82, 2.24) is 4.90 Å². The van der Waals surface area contributed by atoms with Gasteiger partial charge in [0.15, 0.2) is 0 Å². The zero-order valence-corrected chi connectivity index (χ0v) is 8.32. The second kappa shape index (κ2) is 5.95. The molecule has 0 saturated carbocycles. The second-order valence-corrected chi connectivity index (χ2v) is 3.38. The number of nitrogens with zero attached hydrogens (tertiary/aromatic N) is 1. The summed E-state index contributed by atoms with van der Waals surface area (Å²) in [5.41, 5.74) is 5.26. The SMILES string of the molecule is NCC(=O)N1CCC(OCCO)CC1. The first-order valence-corrected chi connectivity index (χ1v) is 4.98. The van der Waals surface area contributed by atoms with E-state index in [0.717, 1.165) is 12.8 Å². The highest BCUT2D eigenvalue weighted by molar-refractivity contribution is 5.78. The number of carbonyl (C=O) groups is 1. The van der Waals surface area contributed by atoms with Crippen LogP contribution in [-0.4, -0.2) is 54.9 Å². The summed E-state index contributed by atoms with van der Waals surface area (Å²) in [6.07, 6.45) is 1.86. The minimum atomic E-state index is 0.00519. The Labute approximate surface area is 83.8 Å². The van der Waals surface area contributed by atoms with Gasteiger partial charge < -0.3 is 20.5 Å². The van der Waals surface area contributed by atoms with E-state index in [9.17, 15) is 4.79 Å². The van der Waals surface area contributed by atoms with E-state index in [0.29, 0.717) is 19.7 Å². The van der Waals surface area contributed by atoms with E-state index in [1.807, 2.05) is 0 Å². The highest BCUT2D eigenvalue weighted by Gasteiger charge is 2.21. The van der Waals surface area contributed by atoms with E-state index >= 15 is 0 Å². The van der Waals surface area contributed by atoms with Crippen LogP contribution in [-0.2, 0) is 9.53 Å². The molecule has 0 aromatic heterocycles. The Morgan fingerprint density at radius 3 is 2.64 bits per heavy atom. The molecular weight excluding hydrogens is 184 g/mol. The third kappa shape index (κ3) is 3.25. The molecule has 0 radical (unpaired) electrons. The zero-order chi connectivity index (χ0) is 10.4. The molecule has 1 amide bonds. The average Bonchev–Trinajstić information content (AvgIpc) is 2.26. The molecule has 1 saturated heterocycles. The van der Waals surface area contributed by atoms with Crippen LogP contribution >= 0.6 is 0 Å². The summed E-state index contributed by atoms with van der Waals surface area (Å²) in [6.45, 7) is 1.96. The van der Waals surface area contributed by atoms with E-state index in [2.05, 4.69) is 0 Å². The number of aliphatic hydroxyl groups is 1. The molecule has 1 aliphatic heterocycles. The summed E-state index contributed by atoms with van der Waals surface area (Å²) in [5.74, 6) is 0.00519. The van der Waals surface area contributed by atoms with Crippen LogP contribution in [0.2, 0.25) is 0 Å². The number of likely N-dealkylation sites (tertiary alicyclic amines) is 1. The van der Waals surface area contributed by atoms with Gasteiger partial charge in [0.1, 0.15) is 0 Å². The van der Waals surface area contributed by atoms with E-state index in [1.165, 1.54) is 0 Å². The molecule has 0 aliphatic carbocycles. The smallest absolute Gasteiger partial charge is 0.236 e. The van der Waals surface area contributed by atoms with Gasteiger partial charge in [-0.25, -0.2) is 0 Å². The fourth-order valence-corrected chi connectivity index (χ4v) is 1.62. The molecule has 3 N–H and O–H groups in total. The largest absolute Gasteiger partial charge is 0.394 e. The Balaban J connectivity index is 2.20. The molecule has 0 atom stereocenters. The molecule has 82 valence electrons. The van der Waals surface area contributed by atoms with Gasteiger partial charge in [0, 0.05) is 13.1 Å². The maximum absolute atomic E-state index is 11.2. The van der Waals surface area contributed by atoms with Crippen molar-refractivity contribution in [3.63, 3.8) is 0 Å². The predicted molar refractivity (Wildman–Crippen MR) is 51.7 cm³/mol. The number of nitrogens with two attached hydrogens (primary N) is 1. The van der Waals surface area contributed by atoms with Crippen molar-refractivity contribution in [3.8, 4) is 0 Å². The third-order valence-corrected chi connectivity index (χ3v) is 2.41. The van der Waals surface area contributed by atoms with Gasteiger partial charge in [0.2, 0.25) is 5.91 Å². The lowest BCUT2D eigenvalue weighted by Crippen LogP contribution is -2.43. The summed E-state index contributed by atoms with van der Waals surface area (Å²) in [7, 11) is 0. The maximum Gasteiger partial charge on any atom is 0.236 e. The third-order valence-electron chi connectivity index (χ3n) is 2.41. The second-order valence-electron chi connectivity index (χ2n) is 3.38. The molecule has 0 unspecified atom stereocenters. The van der Waals surface area contributed by atoms with Crippen LogP contribution in [0.4, 0.5) is 0 Å². The number of carbonyl (C=O) groups excluding carboxylic acids is 1. The van der Waals surface area contributed by atoms with Crippen molar-refractivity contribution >= 4 is 5.91 Å². The number of rotatable bonds is 4. The molecule has 1 heterocycles. The maximum atomic E-state index is 11.2. The van der Waals surface area contributed by atoms with Gasteiger partial charge in [-0.1, -0.05) is 0 Å². The van der Waals surface area contributed by atoms with Crippen LogP contribution in [0.1, 0.15) is 12.8 Å². The van der Waals surface area contributed by atoms with Crippen LogP contribution < -0.4 is 5.73 Å². The fraction of sp³-hybridized carbons (Fsp3) is 0.889. The highest BCUT2D eigenvalue weighted by atomic mass is 16.5.